The maximum Gasteiger partial charge on any atom is 0.228 e. The Morgan fingerprint density at radius 1 is 1.24 bits per heavy atom. The van der Waals surface area contributed by atoms with E-state index in [1.807, 2.05) is 27.6 Å². The number of ether oxygens (including phenoxy) is 1. The van der Waals surface area contributed by atoms with Crippen LogP contribution in [0.15, 0.2) is 42.6 Å². The first-order valence-electron chi connectivity index (χ1n) is 13.9. The van der Waals surface area contributed by atoms with E-state index in [4.69, 9.17) is 14.8 Å². The number of aromatic nitrogens is 3. The van der Waals surface area contributed by atoms with Gasteiger partial charge in [0.1, 0.15) is 22.5 Å². The molecule has 1 spiro atoms. The number of hydrogen-bond donors (Lipinski definition) is 0. The van der Waals surface area contributed by atoms with Gasteiger partial charge in [0, 0.05) is 62.7 Å². The molecule has 1 aromatic carbocycles. The van der Waals surface area contributed by atoms with Crippen LogP contribution in [0.1, 0.15) is 23.9 Å². The first-order chi connectivity index (χ1) is 19.9. The molecule has 0 N–H and O–H groups in total. The van der Waals surface area contributed by atoms with Crippen molar-refractivity contribution in [3.63, 3.8) is 0 Å². The minimum Gasteiger partial charge on any atom is -0.381 e. The molecule has 0 bridgehead atoms. The van der Waals surface area contributed by atoms with Gasteiger partial charge in [-0.05, 0) is 49.2 Å². The van der Waals surface area contributed by atoms with E-state index in [0.717, 1.165) is 61.6 Å². The van der Waals surface area contributed by atoms with Crippen molar-refractivity contribution in [1.29, 1.82) is 5.26 Å². The van der Waals surface area contributed by atoms with Gasteiger partial charge in [0.2, 0.25) is 5.91 Å². The Balaban J connectivity index is 1.13. The van der Waals surface area contributed by atoms with Gasteiger partial charge in [-0.1, -0.05) is 18.3 Å². The van der Waals surface area contributed by atoms with Crippen LogP contribution in [-0.2, 0) is 16.0 Å². The lowest BCUT2D eigenvalue weighted by atomic mass is 9.72. The molecule has 3 aliphatic heterocycles. The number of pyridine rings is 1. The summed E-state index contributed by atoms with van der Waals surface area (Å²) in [5.41, 5.74) is 5.41. The number of anilines is 3. The van der Waals surface area contributed by atoms with Crippen molar-refractivity contribution in [2.45, 2.75) is 19.8 Å². The van der Waals surface area contributed by atoms with Gasteiger partial charge in [-0.25, -0.2) is 13.9 Å². The second-order valence-electron chi connectivity index (χ2n) is 11.3. The molecule has 0 unspecified atom stereocenters. The monoisotopic (exact) mass is 571 g/mol. The number of nitrogens with zero attached hydrogens (tertiary/aromatic N) is 7. The summed E-state index contributed by atoms with van der Waals surface area (Å²) in [7, 11) is 1.95. The summed E-state index contributed by atoms with van der Waals surface area (Å²) >= 11 is 1.31. The molecule has 0 aliphatic carbocycles. The molecule has 11 heteroatoms. The van der Waals surface area contributed by atoms with E-state index in [9.17, 15) is 14.4 Å². The highest BCUT2D eigenvalue weighted by atomic mass is 32.1. The van der Waals surface area contributed by atoms with Gasteiger partial charge in [-0.3, -0.25) is 4.79 Å². The minimum absolute atomic E-state index is 0.0322. The molecule has 3 aliphatic rings. The summed E-state index contributed by atoms with van der Waals surface area (Å²) < 4.78 is 20.8. The number of benzene rings is 1. The number of fused-ring (bicyclic) bond motifs is 1. The zero-order valence-corrected chi connectivity index (χ0v) is 23.8. The topological polar surface area (TPSA) is 90.0 Å². The van der Waals surface area contributed by atoms with Crippen LogP contribution in [0, 0.1) is 28.5 Å². The molecule has 3 aromatic heterocycles. The molecule has 6 heterocycles. The summed E-state index contributed by atoms with van der Waals surface area (Å²) in [4.78, 5) is 24.4. The summed E-state index contributed by atoms with van der Waals surface area (Å²) in [6.07, 6.45) is 3.57. The average molecular weight is 572 g/mol. The number of amides is 1. The van der Waals surface area contributed by atoms with Crippen LogP contribution in [0.2, 0.25) is 0 Å². The quantitative estimate of drug-likeness (QED) is 0.337. The summed E-state index contributed by atoms with van der Waals surface area (Å²) in [5, 5.41) is 15.3. The number of carbonyl (C=O) groups excluding carboxylic acids is 1. The highest BCUT2D eigenvalue weighted by Gasteiger charge is 2.54. The van der Waals surface area contributed by atoms with E-state index in [-0.39, 0.29) is 23.1 Å². The van der Waals surface area contributed by atoms with Crippen LogP contribution in [0.5, 0.6) is 0 Å². The minimum atomic E-state index is -0.329. The van der Waals surface area contributed by atoms with Crippen molar-refractivity contribution in [2.24, 2.45) is 11.3 Å². The molecule has 9 nitrogen and oxygen atoms in total. The van der Waals surface area contributed by atoms with Gasteiger partial charge < -0.3 is 19.4 Å². The smallest absolute Gasteiger partial charge is 0.228 e. The molecule has 3 saturated heterocycles. The number of thiazole rings is 1. The van der Waals surface area contributed by atoms with Crippen LogP contribution in [-0.4, -0.2) is 71.8 Å². The van der Waals surface area contributed by atoms with Gasteiger partial charge in [-0.15, -0.1) is 0 Å². The van der Waals surface area contributed by atoms with Crippen molar-refractivity contribution in [3.05, 3.63) is 59.0 Å². The Labute approximate surface area is 241 Å². The molecule has 4 aromatic rings. The van der Waals surface area contributed by atoms with Gasteiger partial charge in [0.05, 0.1) is 29.4 Å². The summed E-state index contributed by atoms with van der Waals surface area (Å²) in [5.74, 6) is -0.0498. The number of likely N-dealkylation sites (tertiary alicyclic amines) is 1. The van der Waals surface area contributed by atoms with Crippen molar-refractivity contribution in [2.75, 3.05) is 56.2 Å². The molecular weight excluding hydrogens is 541 g/mol. The van der Waals surface area contributed by atoms with Crippen molar-refractivity contribution in [3.8, 4) is 17.3 Å². The fraction of sp³-hybridized carbons (Fsp3) is 0.400. The van der Waals surface area contributed by atoms with Crippen LogP contribution in [0.4, 0.5) is 20.9 Å². The fourth-order valence-corrected chi connectivity index (χ4v) is 7.20. The largest absolute Gasteiger partial charge is 0.381 e. The molecule has 3 fully saturated rings. The van der Waals surface area contributed by atoms with Gasteiger partial charge in [0.15, 0.2) is 5.13 Å². The van der Waals surface area contributed by atoms with Gasteiger partial charge in [0.25, 0.3) is 0 Å². The average Bonchev–Trinajstić information content (AvgIpc) is 3.70. The number of hydrogen-bond acceptors (Lipinski definition) is 8. The fourth-order valence-electron chi connectivity index (χ4n) is 6.35. The van der Waals surface area contributed by atoms with E-state index < -0.39 is 0 Å². The second-order valence-corrected chi connectivity index (χ2v) is 12.3. The maximum atomic E-state index is 13.5. The lowest BCUT2D eigenvalue weighted by Gasteiger charge is -2.61. The predicted octanol–water partition coefficient (Wildman–Crippen LogP) is 4.48. The molecule has 7 rings (SSSR count). The third-order valence-electron chi connectivity index (χ3n) is 8.52. The van der Waals surface area contributed by atoms with E-state index in [2.05, 4.69) is 30.0 Å². The first-order valence-corrected chi connectivity index (χ1v) is 14.7. The van der Waals surface area contributed by atoms with Crippen molar-refractivity contribution >= 4 is 39.3 Å². The standard InChI is InChI=1S/C30H30FN7O2S/c1-3-23-27(35(2)29-33-26(25(13-32)41-29)19-4-6-21(31)7-5-19)24-12-22(8-10-38(24)34-23)36-15-30(16-36)17-37(18-30)28(39)20-9-11-40-14-20/h4-8,10,12,20H,3,9,11,14-18H2,1-2H3/t20-/m0/s1. The van der Waals surface area contributed by atoms with E-state index in [1.54, 1.807) is 12.1 Å². The molecule has 0 radical (unpaired) electrons. The molecule has 0 saturated carbocycles. The molecule has 41 heavy (non-hydrogen) atoms. The SMILES string of the molecule is CCc1nn2ccc(N3CC4(CN(C(=O)[C@H]5CCOC5)C4)C3)cc2c1N(C)c1nc(-c2ccc(F)cc2)c(C#N)s1. The summed E-state index contributed by atoms with van der Waals surface area (Å²) in [6, 6.07) is 12.6. The van der Waals surface area contributed by atoms with Crippen LogP contribution in [0.3, 0.4) is 0 Å². The highest BCUT2D eigenvalue weighted by molar-refractivity contribution is 7.16. The van der Waals surface area contributed by atoms with E-state index >= 15 is 0 Å². The van der Waals surface area contributed by atoms with Gasteiger partial charge >= 0.3 is 0 Å². The number of nitriles is 1. The zero-order valence-electron chi connectivity index (χ0n) is 23.0. The van der Waals surface area contributed by atoms with E-state index in [0.29, 0.717) is 34.5 Å². The highest BCUT2D eigenvalue weighted by Crippen LogP contribution is 2.44. The van der Waals surface area contributed by atoms with Crippen molar-refractivity contribution < 1.29 is 13.9 Å². The number of carbonyl (C=O) groups is 1. The first kappa shape index (κ1) is 25.9. The molecular formula is C30H30FN7O2S. The van der Waals surface area contributed by atoms with Gasteiger partial charge in [-0.2, -0.15) is 10.4 Å². The molecule has 1 amide bonds. The van der Waals surface area contributed by atoms with Crippen LogP contribution >= 0.6 is 11.3 Å². The zero-order chi connectivity index (χ0) is 28.3. The Morgan fingerprint density at radius 3 is 2.71 bits per heavy atom. The Kier molecular flexibility index (Phi) is 6.21. The number of halogens is 1. The number of aryl methyl sites for hydroxylation is 1. The van der Waals surface area contributed by atoms with Crippen LogP contribution < -0.4 is 9.80 Å². The third kappa shape index (κ3) is 4.33. The lowest BCUT2D eigenvalue weighted by molar-refractivity contribution is -0.149. The molecule has 210 valence electrons. The lowest BCUT2D eigenvalue weighted by Crippen LogP contribution is -2.73. The van der Waals surface area contributed by atoms with Crippen LogP contribution in [0.25, 0.3) is 16.8 Å². The second kappa shape index (κ2) is 9.82. The summed E-state index contributed by atoms with van der Waals surface area (Å²) in [6.45, 7) is 6.82. The number of rotatable bonds is 6. The normalized spacial score (nSPS) is 19.3. The maximum absolute atomic E-state index is 13.5. The van der Waals surface area contributed by atoms with E-state index in [1.165, 1.54) is 23.5 Å². The Bertz CT molecular complexity index is 1670. The van der Waals surface area contributed by atoms with Crippen molar-refractivity contribution in [1.82, 2.24) is 19.5 Å². The third-order valence-corrected chi connectivity index (χ3v) is 9.55. The molecule has 1 atom stereocenters. The Hall–Kier alpha value is -4.01. The predicted molar refractivity (Wildman–Crippen MR) is 155 cm³/mol. The Morgan fingerprint density at radius 2 is 2.02 bits per heavy atom.